The molecule has 114 valence electrons. The van der Waals surface area contributed by atoms with E-state index in [9.17, 15) is 8.42 Å². The lowest BCUT2D eigenvalue weighted by molar-refractivity contribution is 0.686. The van der Waals surface area contributed by atoms with Gasteiger partial charge in [-0.15, -0.1) is 0 Å². The van der Waals surface area contributed by atoms with Gasteiger partial charge in [-0.05, 0) is 45.6 Å². The molecule has 3 aromatic carbocycles. The van der Waals surface area contributed by atoms with Crippen molar-refractivity contribution in [3.63, 3.8) is 0 Å². The van der Waals surface area contributed by atoms with E-state index in [1.165, 1.54) is 0 Å². The van der Waals surface area contributed by atoms with E-state index in [0.29, 0.717) is 15.5 Å². The molecule has 0 amide bonds. The summed E-state index contributed by atoms with van der Waals surface area (Å²) in [4.78, 5) is 4.35. The van der Waals surface area contributed by atoms with Gasteiger partial charge in [0.15, 0.2) is 4.98 Å². The Hall–Kier alpha value is -2.40. The van der Waals surface area contributed by atoms with Crippen LogP contribution in [-0.4, -0.2) is 8.42 Å². The Bertz CT molecular complexity index is 928. The quantitative estimate of drug-likeness (QED) is 0.567. The van der Waals surface area contributed by atoms with Crippen LogP contribution >= 0.6 is 0 Å². The molecular weight excluding hydrogens is 330 g/mol. The monoisotopic (exact) mass is 341 g/mol. The standard InChI is InChI=1S/C10H7N2.C6H4NO2S2/c11-12-10-7-3-5-8-4-1-2-6-9(8)10;8-10-5-3-1-2-4-6(5)11(9)7-10/h1-7H;1-4H/q+1;-1. The summed E-state index contributed by atoms with van der Waals surface area (Å²) in [7, 11) is -2.81. The van der Waals surface area contributed by atoms with Gasteiger partial charge in [0.05, 0.1) is 5.39 Å². The Morgan fingerprint density at radius 3 is 2.00 bits per heavy atom. The third-order valence-electron chi connectivity index (χ3n) is 3.24. The molecule has 0 radical (unpaired) electrons. The first-order chi connectivity index (χ1) is 11.2. The van der Waals surface area contributed by atoms with Gasteiger partial charge in [-0.1, -0.05) is 42.5 Å². The summed E-state index contributed by atoms with van der Waals surface area (Å²) in [6, 6.07) is 20.3. The summed E-state index contributed by atoms with van der Waals surface area (Å²) in [5, 5.41) is 10.7. The van der Waals surface area contributed by atoms with E-state index in [4.69, 9.17) is 5.39 Å². The lowest BCUT2D eigenvalue weighted by Gasteiger charge is -2.02. The molecule has 0 aliphatic carbocycles. The van der Waals surface area contributed by atoms with Crippen LogP contribution in [0.25, 0.3) is 19.9 Å². The Kier molecular flexibility index (Phi) is 4.57. The Labute approximate surface area is 138 Å². The molecule has 2 atom stereocenters. The fraction of sp³-hybridized carbons (Fsp3) is 0. The van der Waals surface area contributed by atoms with E-state index in [1.807, 2.05) is 36.4 Å². The normalized spacial score (nSPS) is 18.6. The summed E-state index contributed by atoms with van der Waals surface area (Å²) in [6.45, 7) is 0. The highest BCUT2D eigenvalue weighted by molar-refractivity contribution is 8.08. The summed E-state index contributed by atoms with van der Waals surface area (Å²) >= 11 is 0. The van der Waals surface area contributed by atoms with Crippen molar-refractivity contribution in [2.45, 2.75) is 9.79 Å². The maximum absolute atomic E-state index is 11.0. The van der Waals surface area contributed by atoms with Crippen LogP contribution in [0.5, 0.6) is 0 Å². The fourth-order valence-corrected chi connectivity index (χ4v) is 4.61. The summed E-state index contributed by atoms with van der Waals surface area (Å²) in [5.74, 6) is 0. The zero-order valence-corrected chi connectivity index (χ0v) is 13.5. The van der Waals surface area contributed by atoms with Crippen LogP contribution in [-0.2, 0) is 22.0 Å². The molecule has 0 spiro atoms. The van der Waals surface area contributed by atoms with Crippen molar-refractivity contribution in [2.75, 3.05) is 0 Å². The van der Waals surface area contributed by atoms with Crippen LogP contribution in [0.15, 0.2) is 76.5 Å². The third kappa shape index (κ3) is 3.19. The minimum atomic E-state index is -1.40. The number of hydrogen-bond acceptors (Lipinski definition) is 3. The first kappa shape index (κ1) is 15.5. The molecule has 0 aromatic heterocycles. The highest BCUT2D eigenvalue weighted by atomic mass is 32.3. The number of rotatable bonds is 0. The molecule has 0 bridgehead atoms. The minimum Gasteiger partial charge on any atom is -0.482 e. The first-order valence-corrected chi connectivity index (χ1v) is 8.89. The van der Waals surface area contributed by atoms with Gasteiger partial charge in [0, 0.05) is 15.9 Å². The predicted octanol–water partition coefficient (Wildman–Crippen LogP) is 4.44. The van der Waals surface area contributed by atoms with E-state index in [-0.39, 0.29) is 0 Å². The van der Waals surface area contributed by atoms with Gasteiger partial charge in [0.1, 0.15) is 0 Å². The van der Waals surface area contributed by atoms with E-state index < -0.39 is 22.0 Å². The molecule has 3 aromatic rings. The number of diazo groups is 1. The third-order valence-corrected chi connectivity index (χ3v) is 5.91. The average Bonchev–Trinajstić information content (AvgIpc) is 2.90. The second kappa shape index (κ2) is 6.79. The van der Waals surface area contributed by atoms with Gasteiger partial charge in [-0.25, -0.2) is 0 Å². The Morgan fingerprint density at radius 1 is 0.783 bits per heavy atom. The molecule has 1 aliphatic heterocycles. The molecule has 23 heavy (non-hydrogen) atoms. The number of nitrogens with zero attached hydrogens (tertiary/aromatic N) is 3. The highest BCUT2D eigenvalue weighted by Crippen LogP contribution is 2.31. The summed E-state index contributed by atoms with van der Waals surface area (Å²) in [6.07, 6.45) is 0. The van der Waals surface area contributed by atoms with Gasteiger partial charge in [0.2, 0.25) is 5.39 Å². The molecule has 5 nitrogen and oxygen atoms in total. The molecule has 1 heterocycles. The second-order valence-electron chi connectivity index (χ2n) is 4.62. The van der Waals surface area contributed by atoms with Crippen molar-refractivity contribution in [3.05, 3.63) is 75.8 Å². The van der Waals surface area contributed by atoms with E-state index in [0.717, 1.165) is 10.8 Å². The molecule has 2 unspecified atom stereocenters. The van der Waals surface area contributed by atoms with Gasteiger partial charge < -0.3 is 4.13 Å². The zero-order chi connectivity index (χ0) is 16.2. The lowest BCUT2D eigenvalue weighted by Crippen LogP contribution is -1.80. The van der Waals surface area contributed by atoms with Crippen LogP contribution in [0.4, 0.5) is 5.69 Å². The van der Waals surface area contributed by atoms with Crippen LogP contribution in [0.2, 0.25) is 0 Å². The van der Waals surface area contributed by atoms with Crippen molar-refractivity contribution in [1.82, 2.24) is 0 Å². The molecular formula is C16H11N3O2S2. The van der Waals surface area contributed by atoms with Gasteiger partial charge in [-0.3, -0.25) is 8.42 Å². The summed E-state index contributed by atoms with van der Waals surface area (Å²) < 4.78 is 25.6. The van der Waals surface area contributed by atoms with Crippen LogP contribution < -0.4 is 0 Å². The Morgan fingerprint density at radius 2 is 1.35 bits per heavy atom. The molecule has 0 saturated heterocycles. The molecule has 0 saturated carbocycles. The van der Waals surface area contributed by atoms with Crippen molar-refractivity contribution in [1.29, 1.82) is 5.39 Å². The van der Waals surface area contributed by atoms with Crippen LogP contribution in [0.1, 0.15) is 0 Å². The topological polar surface area (TPSA) is 76.4 Å². The fourth-order valence-electron chi connectivity index (χ4n) is 2.18. The smallest absolute Gasteiger partial charge is 0.392 e. The Balaban J connectivity index is 0.000000136. The predicted molar refractivity (Wildman–Crippen MR) is 91.3 cm³/mol. The number of fused-ring (bicyclic) bond motifs is 2. The maximum Gasteiger partial charge on any atom is 0.392 e. The SMILES string of the molecule is N#[N+]c1cccc2ccccc12.O=S1[N-]S(=O)c2ccccc21. The first-order valence-electron chi connectivity index (χ1n) is 6.68. The van der Waals surface area contributed by atoms with E-state index in [2.05, 4.69) is 9.10 Å². The van der Waals surface area contributed by atoms with Crippen molar-refractivity contribution in [2.24, 2.45) is 0 Å². The molecule has 0 N–H and O–H groups in total. The average molecular weight is 341 g/mol. The molecule has 0 fully saturated rings. The number of benzene rings is 3. The lowest BCUT2D eigenvalue weighted by atomic mass is 10.1. The summed E-state index contributed by atoms with van der Waals surface area (Å²) in [5.41, 5.74) is 0.619. The van der Waals surface area contributed by atoms with Crippen molar-refractivity contribution in [3.8, 4) is 0 Å². The van der Waals surface area contributed by atoms with Gasteiger partial charge in [0.25, 0.3) is 0 Å². The minimum absolute atomic E-state index is 0.575. The van der Waals surface area contributed by atoms with Crippen LogP contribution in [0.3, 0.4) is 0 Å². The largest absolute Gasteiger partial charge is 0.482 e. The zero-order valence-electron chi connectivity index (χ0n) is 11.8. The molecule has 1 aliphatic rings. The van der Waals surface area contributed by atoms with Crippen LogP contribution in [0, 0.1) is 5.39 Å². The van der Waals surface area contributed by atoms with Crippen molar-refractivity contribution >= 4 is 38.4 Å². The number of hydrogen-bond donors (Lipinski definition) is 0. The maximum atomic E-state index is 11.0. The van der Waals surface area contributed by atoms with E-state index >= 15 is 0 Å². The van der Waals surface area contributed by atoms with Gasteiger partial charge >= 0.3 is 5.69 Å². The second-order valence-corrected chi connectivity index (χ2v) is 7.09. The van der Waals surface area contributed by atoms with Gasteiger partial charge in [-0.2, -0.15) is 0 Å². The molecule has 7 heteroatoms. The molecule has 4 rings (SSSR count). The van der Waals surface area contributed by atoms with Crippen molar-refractivity contribution < 1.29 is 8.42 Å². The highest BCUT2D eigenvalue weighted by Gasteiger charge is 2.12. The van der Waals surface area contributed by atoms with E-state index in [1.54, 1.807) is 30.3 Å².